The fourth-order valence-electron chi connectivity index (χ4n) is 2.97. The van der Waals surface area contributed by atoms with Gasteiger partial charge >= 0.3 is 0 Å². The Morgan fingerprint density at radius 3 is 2.59 bits per heavy atom. The first kappa shape index (κ1) is 17.2. The number of anilines is 1. The van der Waals surface area contributed by atoms with Crippen LogP contribution in [-0.4, -0.2) is 14.9 Å². The predicted octanol–water partition coefficient (Wildman–Crippen LogP) is 5.38. The number of fused-ring (bicyclic) bond motifs is 1. The Labute approximate surface area is 158 Å². The first-order chi connectivity index (χ1) is 13.0. The van der Waals surface area contributed by atoms with Gasteiger partial charge in [-0.1, -0.05) is 30.3 Å². The first-order valence-electron chi connectivity index (χ1n) is 9.00. The summed E-state index contributed by atoms with van der Waals surface area (Å²) in [5.41, 5.74) is 3.55. The number of furan rings is 1. The molecule has 3 aromatic heterocycles. The van der Waals surface area contributed by atoms with Gasteiger partial charge in [0.25, 0.3) is 0 Å². The second kappa shape index (κ2) is 6.83. The van der Waals surface area contributed by atoms with Crippen LogP contribution in [0.15, 0.2) is 71.7 Å². The van der Waals surface area contributed by atoms with E-state index in [-0.39, 0.29) is 5.54 Å². The topological polar surface area (TPSA) is 51.7 Å². The average molecular weight is 361 g/mol. The molecule has 0 saturated carbocycles. The molecule has 4 rings (SSSR count). The van der Waals surface area contributed by atoms with E-state index >= 15 is 0 Å². The zero-order valence-electron chi connectivity index (χ0n) is 15.8. The predicted molar refractivity (Wildman–Crippen MR) is 107 cm³/mol. The minimum Gasteiger partial charge on any atom is -0.485 e. The van der Waals surface area contributed by atoms with Crippen molar-refractivity contribution in [1.29, 1.82) is 0 Å². The van der Waals surface area contributed by atoms with E-state index in [0.29, 0.717) is 6.61 Å². The third-order valence-electron chi connectivity index (χ3n) is 4.14. The second-order valence-electron chi connectivity index (χ2n) is 7.54. The number of hydrogen-bond acceptors (Lipinski definition) is 4. The third-order valence-corrected chi connectivity index (χ3v) is 4.14. The van der Waals surface area contributed by atoms with Crippen molar-refractivity contribution in [3.05, 3.63) is 72.8 Å². The smallest absolute Gasteiger partial charge is 0.181 e. The summed E-state index contributed by atoms with van der Waals surface area (Å²) in [4.78, 5) is 4.87. The van der Waals surface area contributed by atoms with Crippen LogP contribution in [0, 0.1) is 0 Å². The molecule has 0 bridgehead atoms. The molecule has 1 aromatic carbocycles. The molecule has 0 amide bonds. The van der Waals surface area contributed by atoms with Gasteiger partial charge in [-0.3, -0.25) is 4.40 Å². The molecule has 0 aliphatic heterocycles. The maximum atomic E-state index is 6.09. The van der Waals surface area contributed by atoms with Gasteiger partial charge in [0, 0.05) is 17.3 Å². The fourth-order valence-corrected chi connectivity index (χ4v) is 2.97. The van der Waals surface area contributed by atoms with Crippen LogP contribution in [0.4, 0.5) is 5.82 Å². The van der Waals surface area contributed by atoms with Gasteiger partial charge in [-0.15, -0.1) is 0 Å². The number of imidazole rings is 1. The zero-order valence-corrected chi connectivity index (χ0v) is 15.8. The lowest BCUT2D eigenvalue weighted by Crippen LogP contribution is -2.27. The van der Waals surface area contributed by atoms with Crippen molar-refractivity contribution >= 4 is 11.5 Å². The summed E-state index contributed by atoms with van der Waals surface area (Å²) in [5.74, 6) is 1.66. The molecule has 5 heteroatoms. The highest BCUT2D eigenvalue weighted by molar-refractivity contribution is 5.78. The van der Waals surface area contributed by atoms with Gasteiger partial charge in [0.05, 0.1) is 12.5 Å². The Bertz CT molecular complexity index is 1030. The summed E-state index contributed by atoms with van der Waals surface area (Å²) in [7, 11) is 0. The van der Waals surface area contributed by atoms with Gasteiger partial charge in [-0.25, -0.2) is 4.98 Å². The summed E-state index contributed by atoms with van der Waals surface area (Å²) >= 11 is 0. The molecule has 0 fully saturated rings. The largest absolute Gasteiger partial charge is 0.485 e. The first-order valence-corrected chi connectivity index (χ1v) is 9.00. The van der Waals surface area contributed by atoms with E-state index < -0.39 is 0 Å². The van der Waals surface area contributed by atoms with E-state index in [4.69, 9.17) is 14.1 Å². The summed E-state index contributed by atoms with van der Waals surface area (Å²) in [6.07, 6.45) is 5.36. The van der Waals surface area contributed by atoms with E-state index in [1.807, 2.05) is 47.0 Å². The molecular weight excluding hydrogens is 338 g/mol. The Morgan fingerprint density at radius 1 is 1.07 bits per heavy atom. The molecular formula is C22H23N3O2. The van der Waals surface area contributed by atoms with Crippen molar-refractivity contribution in [2.45, 2.75) is 32.9 Å². The van der Waals surface area contributed by atoms with Crippen LogP contribution in [0.3, 0.4) is 0 Å². The summed E-state index contributed by atoms with van der Waals surface area (Å²) in [5, 5.41) is 3.57. The van der Waals surface area contributed by atoms with Crippen LogP contribution in [0.25, 0.3) is 16.9 Å². The van der Waals surface area contributed by atoms with Crippen molar-refractivity contribution in [1.82, 2.24) is 9.38 Å². The van der Waals surface area contributed by atoms with Crippen LogP contribution in [0.1, 0.15) is 26.3 Å². The highest BCUT2D eigenvalue weighted by atomic mass is 16.5. The number of pyridine rings is 1. The molecule has 0 saturated heterocycles. The van der Waals surface area contributed by atoms with Crippen molar-refractivity contribution < 1.29 is 9.15 Å². The van der Waals surface area contributed by atoms with Gasteiger partial charge in [0.1, 0.15) is 18.1 Å². The van der Waals surface area contributed by atoms with E-state index in [1.165, 1.54) is 0 Å². The number of aromatic nitrogens is 2. The summed E-state index contributed by atoms with van der Waals surface area (Å²) in [6, 6.07) is 16.0. The number of ether oxygens (including phenoxy) is 1. The van der Waals surface area contributed by atoms with Crippen molar-refractivity contribution in [3.8, 4) is 17.0 Å². The average Bonchev–Trinajstić information content (AvgIpc) is 3.28. The Kier molecular flexibility index (Phi) is 4.36. The second-order valence-corrected chi connectivity index (χ2v) is 7.54. The van der Waals surface area contributed by atoms with Crippen molar-refractivity contribution in [2.75, 3.05) is 5.32 Å². The number of hydrogen-bond donors (Lipinski definition) is 1. The lowest BCUT2D eigenvalue weighted by atomic mass is 10.1. The Balaban J connectivity index is 1.77. The minimum atomic E-state index is -0.116. The van der Waals surface area contributed by atoms with Crippen molar-refractivity contribution in [3.63, 3.8) is 0 Å². The quantitative estimate of drug-likeness (QED) is 0.518. The molecule has 4 aromatic rings. The molecule has 0 radical (unpaired) electrons. The van der Waals surface area contributed by atoms with Gasteiger partial charge < -0.3 is 14.5 Å². The molecule has 1 N–H and O–H groups in total. The number of benzene rings is 1. The van der Waals surface area contributed by atoms with Gasteiger partial charge in [0.2, 0.25) is 0 Å². The molecule has 0 spiro atoms. The summed E-state index contributed by atoms with van der Waals surface area (Å²) < 4.78 is 13.4. The summed E-state index contributed by atoms with van der Waals surface area (Å²) in [6.45, 7) is 6.88. The van der Waals surface area contributed by atoms with E-state index in [1.54, 1.807) is 12.5 Å². The highest BCUT2D eigenvalue weighted by Crippen LogP contribution is 2.34. The molecule has 0 unspecified atom stereocenters. The zero-order chi connectivity index (χ0) is 18.9. The Hall–Kier alpha value is -3.21. The normalized spacial score (nSPS) is 11.7. The molecule has 0 aliphatic carbocycles. The van der Waals surface area contributed by atoms with Crippen LogP contribution in [0.5, 0.6) is 5.75 Å². The Morgan fingerprint density at radius 2 is 1.89 bits per heavy atom. The SMILES string of the molecule is CC(C)(C)Nc1c(-c2ccoc2)nc2c(OCc3ccccc3)cccn12. The van der Waals surface area contributed by atoms with E-state index in [0.717, 1.165) is 34.0 Å². The van der Waals surface area contributed by atoms with Crippen molar-refractivity contribution in [2.24, 2.45) is 0 Å². The molecule has 5 nitrogen and oxygen atoms in total. The third kappa shape index (κ3) is 3.67. The molecule has 27 heavy (non-hydrogen) atoms. The van der Waals surface area contributed by atoms with Crippen LogP contribution >= 0.6 is 0 Å². The van der Waals surface area contributed by atoms with Gasteiger partial charge in [-0.05, 0) is 44.5 Å². The van der Waals surface area contributed by atoms with Crippen LogP contribution < -0.4 is 10.1 Å². The molecule has 0 aliphatic rings. The minimum absolute atomic E-state index is 0.116. The van der Waals surface area contributed by atoms with Crippen LogP contribution in [0.2, 0.25) is 0 Å². The molecule has 0 atom stereocenters. The van der Waals surface area contributed by atoms with Gasteiger partial charge in [0.15, 0.2) is 11.4 Å². The number of nitrogens with zero attached hydrogens (tertiary/aromatic N) is 2. The maximum Gasteiger partial charge on any atom is 0.181 e. The fraction of sp³-hybridized carbons (Fsp3) is 0.227. The number of rotatable bonds is 5. The standard InChI is InChI=1S/C22H23N3O2/c1-22(2,3)24-21-19(17-11-13-26-15-17)23-20-18(10-7-12-25(20)21)27-14-16-8-5-4-6-9-16/h4-13,15,24H,14H2,1-3H3. The monoisotopic (exact) mass is 361 g/mol. The van der Waals surface area contributed by atoms with E-state index in [2.05, 4.69) is 38.2 Å². The van der Waals surface area contributed by atoms with Crippen LogP contribution in [-0.2, 0) is 6.61 Å². The van der Waals surface area contributed by atoms with Gasteiger partial charge in [-0.2, -0.15) is 0 Å². The maximum absolute atomic E-state index is 6.09. The number of nitrogens with one attached hydrogen (secondary N) is 1. The molecule has 138 valence electrons. The lowest BCUT2D eigenvalue weighted by molar-refractivity contribution is 0.308. The highest BCUT2D eigenvalue weighted by Gasteiger charge is 2.21. The van der Waals surface area contributed by atoms with E-state index in [9.17, 15) is 0 Å². The molecule has 3 heterocycles. The lowest BCUT2D eigenvalue weighted by Gasteiger charge is -2.22.